The Hall–Kier alpha value is -0.650. The number of amides is 1. The van der Waals surface area contributed by atoms with Crippen molar-refractivity contribution in [3.63, 3.8) is 0 Å². The second kappa shape index (κ2) is 11.1. The molecule has 5 heteroatoms. The van der Waals surface area contributed by atoms with Crippen molar-refractivity contribution in [3.05, 3.63) is 0 Å². The summed E-state index contributed by atoms with van der Waals surface area (Å²) in [6, 6.07) is 0. The van der Waals surface area contributed by atoms with E-state index in [0.717, 1.165) is 58.0 Å². The summed E-state index contributed by atoms with van der Waals surface area (Å²) in [7, 11) is 5.92. The maximum atomic E-state index is 11.6. The van der Waals surface area contributed by atoms with E-state index < -0.39 is 0 Å². The van der Waals surface area contributed by atoms with Crippen LogP contribution in [0.4, 0.5) is 0 Å². The van der Waals surface area contributed by atoms with Crippen LogP contribution in [0.1, 0.15) is 51.4 Å². The van der Waals surface area contributed by atoms with Gasteiger partial charge in [0.25, 0.3) is 0 Å². The first-order valence-electron chi connectivity index (χ1n) is 7.84. The highest BCUT2D eigenvalue weighted by Gasteiger charge is 2.19. The molecule has 0 saturated heterocycles. The number of quaternary nitrogens is 1. The van der Waals surface area contributed by atoms with Crippen LogP contribution in [0.15, 0.2) is 0 Å². The molecule has 120 valence electrons. The van der Waals surface area contributed by atoms with E-state index in [9.17, 15) is 9.90 Å². The van der Waals surface area contributed by atoms with Crippen LogP contribution in [-0.4, -0.2) is 56.0 Å². The fourth-order valence-corrected chi connectivity index (χ4v) is 1.94. The molecular weight excluding hydrogens is 254 g/mol. The van der Waals surface area contributed by atoms with Gasteiger partial charge in [-0.2, -0.15) is 0 Å². The van der Waals surface area contributed by atoms with Crippen LogP contribution in [0.25, 0.3) is 0 Å². The Morgan fingerprint density at radius 2 is 1.75 bits per heavy atom. The first kappa shape index (κ1) is 19.4. The molecule has 0 radical (unpaired) electrons. The van der Waals surface area contributed by atoms with Crippen LogP contribution in [0.5, 0.6) is 0 Å². The third kappa shape index (κ3) is 11.2. The molecule has 0 bridgehead atoms. The molecule has 0 heterocycles. The highest BCUT2D eigenvalue weighted by molar-refractivity contribution is 5.75. The van der Waals surface area contributed by atoms with E-state index in [-0.39, 0.29) is 12.1 Å². The van der Waals surface area contributed by atoms with Gasteiger partial charge >= 0.3 is 0 Å². The Morgan fingerprint density at radius 3 is 2.35 bits per heavy atom. The molecule has 0 spiro atoms. The molecule has 0 aliphatic rings. The monoisotopic (exact) mass is 288 g/mol. The van der Waals surface area contributed by atoms with Crippen LogP contribution < -0.4 is 11.1 Å². The van der Waals surface area contributed by atoms with Gasteiger partial charge in [-0.3, -0.25) is 4.79 Å². The van der Waals surface area contributed by atoms with E-state index in [1.54, 1.807) is 0 Å². The second-order valence-electron chi connectivity index (χ2n) is 6.40. The van der Waals surface area contributed by atoms with Crippen molar-refractivity contribution in [3.8, 4) is 0 Å². The Balaban J connectivity index is 3.41. The lowest BCUT2D eigenvalue weighted by molar-refractivity contribution is -0.919. The standard InChI is InChI=1S/C15H33N3O2/c1-18(2,3)15(20)11-7-6-10-14(19)17-13-9-5-4-8-12-16/h15,20H,4-13,16H2,1-3H3/p+1. The van der Waals surface area contributed by atoms with Crippen molar-refractivity contribution in [2.45, 2.75) is 57.6 Å². The molecule has 1 unspecified atom stereocenters. The lowest BCUT2D eigenvalue weighted by atomic mass is 10.1. The van der Waals surface area contributed by atoms with E-state index in [0.29, 0.717) is 10.9 Å². The van der Waals surface area contributed by atoms with Crippen molar-refractivity contribution >= 4 is 5.91 Å². The van der Waals surface area contributed by atoms with Crippen molar-refractivity contribution in [2.75, 3.05) is 34.2 Å². The van der Waals surface area contributed by atoms with Crippen molar-refractivity contribution in [2.24, 2.45) is 5.73 Å². The quantitative estimate of drug-likeness (QED) is 0.287. The summed E-state index contributed by atoms with van der Waals surface area (Å²) in [5.74, 6) is 0.128. The van der Waals surface area contributed by atoms with Gasteiger partial charge in [0.2, 0.25) is 5.91 Å². The van der Waals surface area contributed by atoms with E-state index in [1.165, 1.54) is 0 Å². The van der Waals surface area contributed by atoms with Gasteiger partial charge in [0, 0.05) is 19.4 Å². The second-order valence-corrected chi connectivity index (χ2v) is 6.40. The van der Waals surface area contributed by atoms with Gasteiger partial charge in [-0.05, 0) is 32.2 Å². The molecule has 5 nitrogen and oxygen atoms in total. The number of nitrogens with one attached hydrogen (secondary N) is 1. The molecular formula is C15H34N3O2+. The number of carbonyl (C=O) groups excluding carboxylic acids is 1. The molecule has 0 aromatic heterocycles. The van der Waals surface area contributed by atoms with Gasteiger partial charge in [0.1, 0.15) is 0 Å². The van der Waals surface area contributed by atoms with Crippen LogP contribution in [0, 0.1) is 0 Å². The molecule has 1 atom stereocenters. The molecule has 1 amide bonds. The molecule has 0 fully saturated rings. The van der Waals surface area contributed by atoms with Gasteiger partial charge in [0.05, 0.1) is 21.1 Å². The SMILES string of the molecule is C[N+](C)(C)C(O)CCCCC(=O)NCCCCCCN. The van der Waals surface area contributed by atoms with Crippen LogP contribution >= 0.6 is 0 Å². The first-order chi connectivity index (χ1) is 9.38. The first-order valence-corrected chi connectivity index (χ1v) is 7.84. The zero-order chi connectivity index (χ0) is 15.4. The molecule has 0 aliphatic carbocycles. The number of aliphatic hydroxyl groups is 1. The molecule has 0 aliphatic heterocycles. The highest BCUT2D eigenvalue weighted by Crippen LogP contribution is 2.09. The number of unbranched alkanes of at least 4 members (excludes halogenated alkanes) is 4. The third-order valence-electron chi connectivity index (χ3n) is 3.46. The van der Waals surface area contributed by atoms with Gasteiger partial charge in [-0.25, -0.2) is 0 Å². The number of carbonyl (C=O) groups is 1. The molecule has 0 aromatic rings. The Kier molecular flexibility index (Phi) is 10.7. The topological polar surface area (TPSA) is 75.3 Å². The minimum atomic E-state index is -0.347. The smallest absolute Gasteiger partial charge is 0.219 e. The largest absolute Gasteiger partial charge is 0.356 e. The minimum Gasteiger partial charge on any atom is -0.356 e. The average Bonchev–Trinajstić information content (AvgIpc) is 2.37. The van der Waals surface area contributed by atoms with E-state index in [1.807, 2.05) is 21.1 Å². The van der Waals surface area contributed by atoms with E-state index >= 15 is 0 Å². The fourth-order valence-electron chi connectivity index (χ4n) is 1.94. The van der Waals surface area contributed by atoms with Crippen molar-refractivity contribution < 1.29 is 14.4 Å². The number of nitrogens with zero attached hydrogens (tertiary/aromatic N) is 1. The number of hydrogen-bond acceptors (Lipinski definition) is 3. The maximum Gasteiger partial charge on any atom is 0.219 e. The van der Waals surface area contributed by atoms with E-state index in [4.69, 9.17) is 5.73 Å². The number of rotatable bonds is 12. The predicted molar refractivity (Wildman–Crippen MR) is 83.0 cm³/mol. The Labute approximate surface area is 124 Å². The van der Waals surface area contributed by atoms with Crippen LogP contribution in [0.3, 0.4) is 0 Å². The summed E-state index contributed by atoms with van der Waals surface area (Å²) in [4.78, 5) is 11.6. The van der Waals surface area contributed by atoms with Gasteiger partial charge in [-0.1, -0.05) is 12.8 Å². The van der Waals surface area contributed by atoms with Crippen molar-refractivity contribution in [1.82, 2.24) is 5.32 Å². The lowest BCUT2D eigenvalue weighted by Gasteiger charge is -2.29. The molecule has 0 saturated carbocycles. The highest BCUT2D eigenvalue weighted by atomic mass is 16.3. The number of hydrogen-bond donors (Lipinski definition) is 3. The fraction of sp³-hybridized carbons (Fsp3) is 0.933. The summed E-state index contributed by atoms with van der Waals surface area (Å²) < 4.78 is 0.551. The van der Waals surface area contributed by atoms with Gasteiger partial charge in [0.15, 0.2) is 6.23 Å². The third-order valence-corrected chi connectivity index (χ3v) is 3.46. The maximum absolute atomic E-state index is 11.6. The van der Waals surface area contributed by atoms with Crippen LogP contribution in [-0.2, 0) is 4.79 Å². The molecule has 0 rings (SSSR count). The summed E-state index contributed by atoms with van der Waals surface area (Å²) in [5.41, 5.74) is 5.42. The minimum absolute atomic E-state index is 0.128. The predicted octanol–water partition coefficient (Wildman–Crippen LogP) is 1.21. The Bertz CT molecular complexity index is 252. The molecule has 0 aromatic carbocycles. The Morgan fingerprint density at radius 1 is 1.10 bits per heavy atom. The summed E-state index contributed by atoms with van der Waals surface area (Å²) >= 11 is 0. The van der Waals surface area contributed by atoms with Crippen LogP contribution in [0.2, 0.25) is 0 Å². The zero-order valence-corrected chi connectivity index (χ0v) is 13.5. The molecule has 20 heavy (non-hydrogen) atoms. The van der Waals surface area contributed by atoms with E-state index in [2.05, 4.69) is 5.32 Å². The number of nitrogens with two attached hydrogens (primary N) is 1. The zero-order valence-electron chi connectivity index (χ0n) is 13.5. The van der Waals surface area contributed by atoms with Gasteiger partial charge < -0.3 is 20.6 Å². The summed E-state index contributed by atoms with van der Waals surface area (Å²) in [6.07, 6.45) is 7.08. The lowest BCUT2D eigenvalue weighted by Crippen LogP contribution is -2.44. The average molecular weight is 288 g/mol. The van der Waals surface area contributed by atoms with Crippen molar-refractivity contribution in [1.29, 1.82) is 0 Å². The number of aliphatic hydroxyl groups excluding tert-OH is 1. The normalized spacial score (nSPS) is 13.2. The summed E-state index contributed by atoms with van der Waals surface area (Å²) in [6.45, 7) is 1.52. The summed E-state index contributed by atoms with van der Waals surface area (Å²) in [5, 5.41) is 12.8. The van der Waals surface area contributed by atoms with Gasteiger partial charge in [-0.15, -0.1) is 0 Å². The molecule has 4 N–H and O–H groups in total.